The van der Waals surface area contributed by atoms with Crippen molar-refractivity contribution in [3.05, 3.63) is 57.9 Å². The molecule has 0 saturated carbocycles. The molecule has 0 amide bonds. The second-order valence-electron chi connectivity index (χ2n) is 3.93. The number of para-hydroxylation sites is 1. The number of aromatic carboxylic acids is 1. The molecule has 1 aromatic heterocycles. The van der Waals surface area contributed by atoms with Gasteiger partial charge >= 0.3 is 5.97 Å². The van der Waals surface area contributed by atoms with E-state index in [-0.39, 0.29) is 11.3 Å². The Bertz CT molecular complexity index is 621. The van der Waals surface area contributed by atoms with Gasteiger partial charge in [0.2, 0.25) is 0 Å². The van der Waals surface area contributed by atoms with Gasteiger partial charge in [0.15, 0.2) is 0 Å². The van der Waals surface area contributed by atoms with Crippen LogP contribution >= 0.6 is 0 Å². The van der Waals surface area contributed by atoms with Crippen LogP contribution in [-0.2, 0) is 13.0 Å². The Labute approximate surface area is 108 Å². The first kappa shape index (κ1) is 12.7. The lowest BCUT2D eigenvalue weighted by Gasteiger charge is -2.03. The monoisotopic (exact) mass is 261 g/mol. The first-order valence-electron chi connectivity index (χ1n) is 5.56. The highest BCUT2D eigenvalue weighted by Gasteiger charge is 2.12. The van der Waals surface area contributed by atoms with Crippen LogP contribution in [0.3, 0.4) is 0 Å². The van der Waals surface area contributed by atoms with Gasteiger partial charge in [-0.3, -0.25) is 14.8 Å². The standard InChI is InChI=1S/C12H11N3O4/c16-12(17)10-7-13-14(8-10)6-5-9-3-1-2-4-11(9)15(18)19/h1-4,7-8H,5-6H2,(H,16,17). The Kier molecular flexibility index (Phi) is 3.56. The van der Waals surface area contributed by atoms with Gasteiger partial charge in [0, 0.05) is 24.4 Å². The van der Waals surface area contributed by atoms with Crippen LogP contribution in [0.2, 0.25) is 0 Å². The topological polar surface area (TPSA) is 98.3 Å². The molecule has 0 unspecified atom stereocenters. The summed E-state index contributed by atoms with van der Waals surface area (Å²) >= 11 is 0. The maximum Gasteiger partial charge on any atom is 0.338 e. The summed E-state index contributed by atoms with van der Waals surface area (Å²) in [5.41, 5.74) is 0.760. The number of aromatic nitrogens is 2. The number of carbonyl (C=O) groups is 1. The van der Waals surface area contributed by atoms with Gasteiger partial charge in [-0.15, -0.1) is 0 Å². The Morgan fingerprint density at radius 2 is 2.16 bits per heavy atom. The summed E-state index contributed by atoms with van der Waals surface area (Å²) in [5, 5.41) is 23.5. The van der Waals surface area contributed by atoms with E-state index in [1.807, 2.05) is 0 Å². The van der Waals surface area contributed by atoms with Crippen LogP contribution in [0.1, 0.15) is 15.9 Å². The van der Waals surface area contributed by atoms with Crippen LogP contribution in [0.4, 0.5) is 5.69 Å². The number of nitrogens with zero attached hydrogens (tertiary/aromatic N) is 3. The first-order valence-corrected chi connectivity index (χ1v) is 5.56. The third-order valence-electron chi connectivity index (χ3n) is 2.68. The van der Waals surface area contributed by atoms with Crippen molar-refractivity contribution in [2.24, 2.45) is 0 Å². The Balaban J connectivity index is 2.10. The van der Waals surface area contributed by atoms with Gasteiger partial charge in [-0.25, -0.2) is 4.79 Å². The molecule has 2 rings (SSSR count). The van der Waals surface area contributed by atoms with Crippen molar-refractivity contribution in [2.45, 2.75) is 13.0 Å². The molecule has 19 heavy (non-hydrogen) atoms. The molecule has 2 aromatic rings. The molecule has 0 saturated heterocycles. The molecule has 0 atom stereocenters. The molecular formula is C12H11N3O4. The van der Waals surface area contributed by atoms with Crippen molar-refractivity contribution in [1.29, 1.82) is 0 Å². The molecule has 0 aliphatic rings. The lowest BCUT2D eigenvalue weighted by atomic mass is 10.1. The highest BCUT2D eigenvalue weighted by Crippen LogP contribution is 2.18. The van der Waals surface area contributed by atoms with Gasteiger partial charge in [-0.1, -0.05) is 18.2 Å². The maximum absolute atomic E-state index is 10.8. The number of hydrogen-bond donors (Lipinski definition) is 1. The molecule has 98 valence electrons. The second-order valence-corrected chi connectivity index (χ2v) is 3.93. The first-order chi connectivity index (χ1) is 9.08. The summed E-state index contributed by atoms with van der Waals surface area (Å²) in [6.07, 6.45) is 3.07. The lowest BCUT2D eigenvalue weighted by molar-refractivity contribution is -0.385. The van der Waals surface area contributed by atoms with E-state index in [0.29, 0.717) is 18.5 Å². The number of nitro benzene ring substituents is 1. The van der Waals surface area contributed by atoms with Crippen LogP contribution in [0, 0.1) is 10.1 Å². The largest absolute Gasteiger partial charge is 0.478 e. The zero-order valence-corrected chi connectivity index (χ0v) is 9.89. The number of carboxylic acid groups (broad SMARTS) is 1. The fourth-order valence-electron chi connectivity index (χ4n) is 1.73. The van der Waals surface area contributed by atoms with Crippen LogP contribution in [0.15, 0.2) is 36.7 Å². The predicted octanol–water partition coefficient (Wildman–Crippen LogP) is 1.73. The van der Waals surface area contributed by atoms with E-state index < -0.39 is 10.9 Å². The molecule has 0 aliphatic carbocycles. The molecule has 7 heteroatoms. The van der Waals surface area contributed by atoms with Gasteiger partial charge in [-0.2, -0.15) is 5.10 Å². The van der Waals surface area contributed by atoms with Crippen molar-refractivity contribution in [2.75, 3.05) is 0 Å². The van der Waals surface area contributed by atoms with Gasteiger partial charge in [0.05, 0.1) is 16.7 Å². The fourth-order valence-corrected chi connectivity index (χ4v) is 1.73. The van der Waals surface area contributed by atoms with Gasteiger partial charge in [-0.05, 0) is 6.42 Å². The molecule has 0 fully saturated rings. The molecule has 1 N–H and O–H groups in total. The number of aryl methyl sites for hydroxylation is 2. The molecule has 1 heterocycles. The average molecular weight is 261 g/mol. The molecule has 0 aliphatic heterocycles. The maximum atomic E-state index is 10.8. The van der Waals surface area contributed by atoms with Gasteiger partial charge < -0.3 is 5.11 Å². The van der Waals surface area contributed by atoms with E-state index in [4.69, 9.17) is 5.11 Å². The normalized spacial score (nSPS) is 10.3. The van der Waals surface area contributed by atoms with Crippen molar-refractivity contribution in [3.8, 4) is 0 Å². The summed E-state index contributed by atoms with van der Waals surface area (Å²) in [6.45, 7) is 0.387. The summed E-state index contributed by atoms with van der Waals surface area (Å²) in [6, 6.07) is 6.47. The number of nitro groups is 1. The zero-order chi connectivity index (χ0) is 13.8. The SMILES string of the molecule is O=C(O)c1cnn(CCc2ccccc2[N+](=O)[O-])c1. The minimum Gasteiger partial charge on any atom is -0.478 e. The Morgan fingerprint density at radius 3 is 2.79 bits per heavy atom. The van der Waals surface area contributed by atoms with Gasteiger partial charge in [0.25, 0.3) is 5.69 Å². The van der Waals surface area contributed by atoms with Crippen LogP contribution in [0.25, 0.3) is 0 Å². The third kappa shape index (κ3) is 2.95. The summed E-state index contributed by atoms with van der Waals surface area (Å²) in [5.74, 6) is -1.04. The zero-order valence-electron chi connectivity index (χ0n) is 9.89. The molecular weight excluding hydrogens is 250 g/mol. The highest BCUT2D eigenvalue weighted by molar-refractivity contribution is 5.86. The number of benzene rings is 1. The molecule has 0 bridgehead atoms. The van der Waals surface area contributed by atoms with Gasteiger partial charge in [0.1, 0.15) is 0 Å². The van der Waals surface area contributed by atoms with Crippen molar-refractivity contribution < 1.29 is 14.8 Å². The molecule has 7 nitrogen and oxygen atoms in total. The number of carboxylic acids is 1. The molecule has 1 aromatic carbocycles. The average Bonchev–Trinajstić information content (AvgIpc) is 2.85. The van der Waals surface area contributed by atoms with E-state index >= 15 is 0 Å². The van der Waals surface area contributed by atoms with Crippen molar-refractivity contribution in [1.82, 2.24) is 9.78 Å². The van der Waals surface area contributed by atoms with Crippen molar-refractivity contribution >= 4 is 11.7 Å². The Morgan fingerprint density at radius 1 is 1.42 bits per heavy atom. The highest BCUT2D eigenvalue weighted by atomic mass is 16.6. The van der Waals surface area contributed by atoms with Crippen LogP contribution < -0.4 is 0 Å². The van der Waals surface area contributed by atoms with Crippen LogP contribution in [0.5, 0.6) is 0 Å². The third-order valence-corrected chi connectivity index (χ3v) is 2.68. The quantitative estimate of drug-likeness (QED) is 0.652. The van der Waals surface area contributed by atoms with E-state index in [1.54, 1.807) is 18.2 Å². The smallest absolute Gasteiger partial charge is 0.338 e. The van der Waals surface area contributed by atoms with E-state index in [2.05, 4.69) is 5.10 Å². The second kappa shape index (κ2) is 5.30. The Hall–Kier alpha value is -2.70. The summed E-state index contributed by atoms with van der Waals surface area (Å²) < 4.78 is 1.46. The van der Waals surface area contributed by atoms with E-state index in [0.717, 1.165) is 0 Å². The molecule has 0 spiro atoms. The summed E-state index contributed by atoms with van der Waals surface area (Å²) in [7, 11) is 0. The number of rotatable bonds is 5. The fraction of sp³-hybridized carbons (Fsp3) is 0.167. The van der Waals surface area contributed by atoms with Crippen molar-refractivity contribution in [3.63, 3.8) is 0 Å². The summed E-state index contributed by atoms with van der Waals surface area (Å²) in [4.78, 5) is 21.1. The predicted molar refractivity (Wildman–Crippen MR) is 66.0 cm³/mol. The lowest BCUT2D eigenvalue weighted by Crippen LogP contribution is -2.04. The van der Waals surface area contributed by atoms with E-state index in [1.165, 1.54) is 23.1 Å². The minimum atomic E-state index is -1.04. The number of hydrogen-bond acceptors (Lipinski definition) is 4. The van der Waals surface area contributed by atoms with E-state index in [9.17, 15) is 14.9 Å². The minimum absolute atomic E-state index is 0.0631. The van der Waals surface area contributed by atoms with Crippen LogP contribution in [-0.4, -0.2) is 25.8 Å². The molecule has 0 radical (unpaired) electrons.